The maximum atomic E-state index is 11.4. The number of nitrogens with zero attached hydrogens (tertiary/aromatic N) is 2. The SMILES string of the molecule is CNc1cc(C(=O)OC)c([N+](=O)[O-])cc1[N+](=O)O. The number of carbonyl (C=O) groups excluding carboxylic acids is 1. The van der Waals surface area contributed by atoms with Crippen molar-refractivity contribution in [2.24, 2.45) is 0 Å². The van der Waals surface area contributed by atoms with E-state index in [1.165, 1.54) is 7.05 Å². The summed E-state index contributed by atoms with van der Waals surface area (Å²) in [4.78, 5) is 31.6. The molecule has 0 unspecified atom stereocenters. The van der Waals surface area contributed by atoms with E-state index in [2.05, 4.69) is 10.1 Å². The molecule has 96 valence electrons. The van der Waals surface area contributed by atoms with Gasteiger partial charge in [-0.25, -0.2) is 10.0 Å². The van der Waals surface area contributed by atoms with Gasteiger partial charge in [0, 0.05) is 7.05 Å². The highest BCUT2D eigenvalue weighted by Gasteiger charge is 2.30. The molecule has 0 spiro atoms. The van der Waals surface area contributed by atoms with Gasteiger partial charge in [-0.3, -0.25) is 10.1 Å². The Kier molecular flexibility index (Phi) is 3.77. The van der Waals surface area contributed by atoms with Crippen LogP contribution in [0.3, 0.4) is 0 Å². The van der Waals surface area contributed by atoms with Crippen molar-refractivity contribution >= 4 is 23.0 Å². The van der Waals surface area contributed by atoms with E-state index in [1.807, 2.05) is 0 Å². The molecule has 9 nitrogen and oxygen atoms in total. The molecule has 0 bridgehead atoms. The second kappa shape index (κ2) is 5.08. The summed E-state index contributed by atoms with van der Waals surface area (Å²) in [5.41, 5.74) is -1.28. The van der Waals surface area contributed by atoms with Crippen LogP contribution in [0.25, 0.3) is 0 Å². The molecule has 0 saturated heterocycles. The molecule has 1 aromatic rings. The van der Waals surface area contributed by atoms with Crippen molar-refractivity contribution in [3.63, 3.8) is 0 Å². The van der Waals surface area contributed by atoms with Crippen molar-refractivity contribution in [1.29, 1.82) is 0 Å². The fourth-order valence-corrected chi connectivity index (χ4v) is 1.36. The molecule has 18 heavy (non-hydrogen) atoms. The second-order valence-electron chi connectivity index (χ2n) is 3.16. The van der Waals surface area contributed by atoms with E-state index in [1.54, 1.807) is 0 Å². The van der Waals surface area contributed by atoms with E-state index in [-0.39, 0.29) is 16.9 Å². The molecule has 0 aliphatic heterocycles. The van der Waals surface area contributed by atoms with Gasteiger partial charge in [-0.2, -0.15) is 0 Å². The quantitative estimate of drug-likeness (QED) is 0.471. The minimum absolute atomic E-state index is 0.0542. The van der Waals surface area contributed by atoms with E-state index in [0.29, 0.717) is 0 Å². The molecule has 0 atom stereocenters. The maximum Gasteiger partial charge on any atom is 0.346 e. The first-order valence-corrected chi connectivity index (χ1v) is 4.67. The van der Waals surface area contributed by atoms with E-state index in [9.17, 15) is 19.8 Å². The highest BCUT2D eigenvalue weighted by atomic mass is 16.6. The predicted octanol–water partition coefficient (Wildman–Crippen LogP) is 1.22. The summed E-state index contributed by atoms with van der Waals surface area (Å²) < 4.78 is 4.40. The third-order valence-corrected chi connectivity index (χ3v) is 2.19. The Morgan fingerprint density at radius 3 is 2.39 bits per heavy atom. The number of nitro benzene ring substituents is 1. The first kappa shape index (κ1) is 13.4. The van der Waals surface area contributed by atoms with Crippen LogP contribution in [-0.2, 0) is 4.74 Å². The van der Waals surface area contributed by atoms with Crippen molar-refractivity contribution in [2.45, 2.75) is 0 Å². The molecule has 0 aliphatic rings. The summed E-state index contributed by atoms with van der Waals surface area (Å²) in [7, 11) is 2.50. The molecule has 1 aromatic carbocycles. The zero-order valence-corrected chi connectivity index (χ0v) is 9.54. The minimum atomic E-state index is -0.917. The molecule has 1 rings (SSSR count). The van der Waals surface area contributed by atoms with Gasteiger partial charge in [0.25, 0.3) is 10.6 Å². The monoisotopic (exact) mass is 256 g/mol. The van der Waals surface area contributed by atoms with Crippen LogP contribution in [0.2, 0.25) is 0 Å². The molecular weight excluding hydrogens is 246 g/mol. The predicted molar refractivity (Wildman–Crippen MR) is 59.1 cm³/mol. The second-order valence-corrected chi connectivity index (χ2v) is 3.16. The Hall–Kier alpha value is -2.71. The standard InChI is InChI=1S/C9H10N3O6/c1-10-6-3-5(9(13)18-2)7(11(14)15)4-8(6)12(16)17/h3-4,10H,1-2H3,(H,16,17)/q+1. The topological polar surface area (TPSA) is 122 Å². The van der Waals surface area contributed by atoms with Gasteiger partial charge in [-0.15, -0.1) is 0 Å². The lowest BCUT2D eigenvalue weighted by molar-refractivity contribution is -0.729. The molecular formula is C9H10N3O6+. The summed E-state index contributed by atoms with van der Waals surface area (Å²) in [5.74, 6) is -0.917. The lowest BCUT2D eigenvalue weighted by Crippen LogP contribution is -2.08. The number of esters is 1. The van der Waals surface area contributed by atoms with Crippen LogP contribution in [0, 0.1) is 15.0 Å². The minimum Gasteiger partial charge on any atom is -0.465 e. The molecule has 0 aliphatic carbocycles. The molecule has 0 fully saturated rings. The fraction of sp³-hybridized carbons (Fsp3) is 0.222. The number of anilines is 1. The maximum absolute atomic E-state index is 11.4. The Morgan fingerprint density at radius 2 is 2.00 bits per heavy atom. The van der Waals surface area contributed by atoms with E-state index in [0.717, 1.165) is 19.2 Å². The largest absolute Gasteiger partial charge is 0.465 e. The number of rotatable bonds is 4. The van der Waals surface area contributed by atoms with Crippen molar-refractivity contribution in [1.82, 2.24) is 0 Å². The average Bonchev–Trinajstić information content (AvgIpc) is 2.35. The lowest BCUT2D eigenvalue weighted by Gasteiger charge is -2.04. The molecule has 2 N–H and O–H groups in total. The Morgan fingerprint density at radius 1 is 1.39 bits per heavy atom. The number of hydrogen-bond donors (Lipinski definition) is 2. The lowest BCUT2D eigenvalue weighted by atomic mass is 10.1. The molecule has 0 aromatic heterocycles. The van der Waals surface area contributed by atoms with Gasteiger partial charge in [0.1, 0.15) is 17.3 Å². The van der Waals surface area contributed by atoms with E-state index >= 15 is 0 Å². The van der Waals surface area contributed by atoms with Crippen molar-refractivity contribution < 1.29 is 24.6 Å². The van der Waals surface area contributed by atoms with Gasteiger partial charge in [-0.05, 0) is 6.07 Å². The first-order chi connectivity index (χ1) is 8.42. The van der Waals surface area contributed by atoms with Gasteiger partial charge >= 0.3 is 11.7 Å². The fourth-order valence-electron chi connectivity index (χ4n) is 1.36. The van der Waals surface area contributed by atoms with Gasteiger partial charge in [0.05, 0.1) is 16.9 Å². The number of ether oxygens (including phenoxy) is 1. The van der Waals surface area contributed by atoms with Crippen LogP contribution in [-0.4, -0.2) is 35.2 Å². The first-order valence-electron chi connectivity index (χ1n) is 4.67. The summed E-state index contributed by atoms with van der Waals surface area (Å²) in [6, 6.07) is 1.84. The molecule has 0 amide bonds. The van der Waals surface area contributed by atoms with Gasteiger partial charge < -0.3 is 10.1 Å². The van der Waals surface area contributed by atoms with E-state index in [4.69, 9.17) is 5.21 Å². The Labute approximate surface area is 101 Å². The van der Waals surface area contributed by atoms with Gasteiger partial charge in [0.2, 0.25) is 0 Å². The molecule has 9 heteroatoms. The summed E-state index contributed by atoms with van der Waals surface area (Å²) >= 11 is 0. The van der Waals surface area contributed by atoms with Crippen LogP contribution in [0.1, 0.15) is 10.4 Å². The summed E-state index contributed by atoms with van der Waals surface area (Å²) in [6.07, 6.45) is 0. The highest BCUT2D eigenvalue weighted by molar-refractivity contribution is 5.96. The van der Waals surface area contributed by atoms with Crippen molar-refractivity contribution in [3.8, 4) is 0 Å². The van der Waals surface area contributed by atoms with Crippen molar-refractivity contribution in [3.05, 3.63) is 32.7 Å². The number of benzene rings is 1. The van der Waals surface area contributed by atoms with Gasteiger partial charge in [-0.1, -0.05) is 0 Å². The van der Waals surface area contributed by atoms with Crippen molar-refractivity contribution in [2.75, 3.05) is 19.5 Å². The smallest absolute Gasteiger partial charge is 0.346 e. The van der Waals surface area contributed by atoms with E-state index < -0.39 is 21.5 Å². The third-order valence-electron chi connectivity index (χ3n) is 2.19. The third kappa shape index (κ3) is 2.34. The van der Waals surface area contributed by atoms with Crippen LogP contribution >= 0.6 is 0 Å². The summed E-state index contributed by atoms with van der Waals surface area (Å²) in [5, 5.41) is 22.1. The number of nitro groups is 1. The summed E-state index contributed by atoms with van der Waals surface area (Å²) in [6.45, 7) is 0. The van der Waals surface area contributed by atoms with Crippen LogP contribution in [0.5, 0.6) is 0 Å². The number of hydrogen-bond acceptors (Lipinski definition) is 6. The van der Waals surface area contributed by atoms with Crippen LogP contribution < -0.4 is 5.32 Å². The Balaban J connectivity index is 3.57. The van der Waals surface area contributed by atoms with Crippen LogP contribution in [0.4, 0.5) is 17.1 Å². The zero-order chi connectivity index (χ0) is 13.9. The molecule has 0 radical (unpaired) electrons. The number of nitrogens with one attached hydrogen (secondary N) is 1. The average molecular weight is 256 g/mol. The zero-order valence-electron chi connectivity index (χ0n) is 9.54. The van der Waals surface area contributed by atoms with Crippen LogP contribution in [0.15, 0.2) is 12.1 Å². The number of carbonyl (C=O) groups is 1. The van der Waals surface area contributed by atoms with Gasteiger partial charge in [0.15, 0.2) is 0 Å². The number of methoxy groups -OCH3 is 1. The normalized spacial score (nSPS) is 9.67. The molecule has 0 heterocycles. The highest BCUT2D eigenvalue weighted by Crippen LogP contribution is 2.32. The Bertz CT molecular complexity index is 527. The molecule has 0 saturated carbocycles.